The van der Waals surface area contributed by atoms with Gasteiger partial charge in [-0.05, 0) is 19.3 Å². The molecule has 0 spiro atoms. The molecule has 0 radical (unpaired) electrons. The second-order valence-electron chi connectivity index (χ2n) is 4.25. The summed E-state index contributed by atoms with van der Waals surface area (Å²) in [5.74, 6) is 0.648. The van der Waals surface area contributed by atoms with Crippen LogP contribution in [0.1, 0.15) is 25.0 Å². The SMILES string of the molecule is NC(=NO)c1cnc(N(CCO)C2CCC2)cn1. The number of oxime groups is 1. The second-order valence-corrected chi connectivity index (χ2v) is 4.25. The van der Waals surface area contributed by atoms with Gasteiger partial charge in [0.15, 0.2) is 5.84 Å². The fourth-order valence-electron chi connectivity index (χ4n) is 1.94. The van der Waals surface area contributed by atoms with Crippen molar-refractivity contribution in [1.82, 2.24) is 9.97 Å². The quantitative estimate of drug-likeness (QED) is 0.292. The van der Waals surface area contributed by atoms with Crippen LogP contribution in [0.3, 0.4) is 0 Å². The molecule has 1 fully saturated rings. The number of hydrogen-bond donors (Lipinski definition) is 3. The van der Waals surface area contributed by atoms with Crippen molar-refractivity contribution in [3.05, 3.63) is 18.1 Å². The summed E-state index contributed by atoms with van der Waals surface area (Å²) in [6.07, 6.45) is 6.49. The van der Waals surface area contributed by atoms with Gasteiger partial charge in [-0.3, -0.25) is 0 Å². The third-order valence-electron chi connectivity index (χ3n) is 3.16. The largest absolute Gasteiger partial charge is 0.409 e. The highest BCUT2D eigenvalue weighted by Gasteiger charge is 2.25. The Hall–Kier alpha value is -1.89. The van der Waals surface area contributed by atoms with Crippen molar-refractivity contribution in [3.63, 3.8) is 0 Å². The molecule has 0 bridgehead atoms. The van der Waals surface area contributed by atoms with Crippen molar-refractivity contribution in [3.8, 4) is 0 Å². The Morgan fingerprint density at radius 3 is 2.67 bits per heavy atom. The molecule has 1 saturated carbocycles. The molecule has 7 heteroatoms. The van der Waals surface area contributed by atoms with Gasteiger partial charge in [0.25, 0.3) is 0 Å². The minimum atomic E-state index is -0.0635. The first kappa shape index (κ1) is 12.6. The van der Waals surface area contributed by atoms with E-state index in [9.17, 15) is 0 Å². The van der Waals surface area contributed by atoms with Gasteiger partial charge < -0.3 is 20.9 Å². The van der Waals surface area contributed by atoms with Crippen LogP contribution in [-0.4, -0.2) is 45.3 Å². The smallest absolute Gasteiger partial charge is 0.190 e. The number of aliphatic hydroxyl groups excluding tert-OH is 1. The van der Waals surface area contributed by atoms with Crippen LogP contribution in [0.25, 0.3) is 0 Å². The van der Waals surface area contributed by atoms with Gasteiger partial charge in [-0.25, -0.2) is 9.97 Å². The lowest BCUT2D eigenvalue weighted by Gasteiger charge is -2.37. The molecular weight excluding hydrogens is 234 g/mol. The van der Waals surface area contributed by atoms with Gasteiger partial charge in [0, 0.05) is 12.6 Å². The van der Waals surface area contributed by atoms with Gasteiger partial charge in [-0.15, -0.1) is 0 Å². The standard InChI is InChI=1S/C11H17N5O2/c12-11(15-18)9-6-14-10(7-13-9)16(4-5-17)8-2-1-3-8/h6-8,17-18H,1-5H2,(H2,12,15). The first-order chi connectivity index (χ1) is 8.76. The van der Waals surface area contributed by atoms with Crippen LogP contribution in [-0.2, 0) is 0 Å². The van der Waals surface area contributed by atoms with E-state index in [-0.39, 0.29) is 12.4 Å². The average Bonchev–Trinajstić information content (AvgIpc) is 2.35. The van der Waals surface area contributed by atoms with Gasteiger partial charge in [0.2, 0.25) is 0 Å². The average molecular weight is 251 g/mol. The normalized spacial score (nSPS) is 16.4. The molecule has 0 saturated heterocycles. The van der Waals surface area contributed by atoms with Gasteiger partial charge in [-0.1, -0.05) is 5.16 Å². The number of anilines is 1. The van der Waals surface area contributed by atoms with Gasteiger partial charge in [-0.2, -0.15) is 0 Å². The lowest BCUT2D eigenvalue weighted by atomic mass is 9.91. The van der Waals surface area contributed by atoms with Crippen molar-refractivity contribution in [1.29, 1.82) is 0 Å². The van der Waals surface area contributed by atoms with Crippen molar-refractivity contribution in [2.24, 2.45) is 10.9 Å². The van der Waals surface area contributed by atoms with Crippen molar-refractivity contribution in [2.45, 2.75) is 25.3 Å². The number of aromatic nitrogens is 2. The molecule has 1 heterocycles. The topological polar surface area (TPSA) is 108 Å². The molecule has 1 aliphatic rings. The number of amidine groups is 1. The third kappa shape index (κ3) is 2.51. The Kier molecular flexibility index (Phi) is 3.93. The predicted molar refractivity (Wildman–Crippen MR) is 66.6 cm³/mol. The molecule has 7 nitrogen and oxygen atoms in total. The lowest BCUT2D eigenvalue weighted by molar-refractivity contribution is 0.283. The summed E-state index contributed by atoms with van der Waals surface area (Å²) in [5.41, 5.74) is 5.75. The molecule has 0 atom stereocenters. The van der Waals surface area contributed by atoms with Gasteiger partial charge >= 0.3 is 0 Å². The maximum Gasteiger partial charge on any atom is 0.190 e. The molecule has 18 heavy (non-hydrogen) atoms. The predicted octanol–water partition coefficient (Wildman–Crippen LogP) is -0.0777. The Labute approximate surface area is 105 Å². The summed E-state index contributed by atoms with van der Waals surface area (Å²) in [4.78, 5) is 10.4. The van der Waals surface area contributed by atoms with E-state index in [0.717, 1.165) is 12.8 Å². The van der Waals surface area contributed by atoms with E-state index in [4.69, 9.17) is 16.0 Å². The zero-order valence-electron chi connectivity index (χ0n) is 10.0. The van der Waals surface area contributed by atoms with Crippen molar-refractivity contribution in [2.75, 3.05) is 18.1 Å². The Balaban J connectivity index is 2.15. The molecule has 1 aromatic rings. The van der Waals surface area contributed by atoms with Gasteiger partial charge in [0.1, 0.15) is 11.5 Å². The van der Waals surface area contributed by atoms with E-state index < -0.39 is 0 Å². The Morgan fingerprint density at radius 2 is 2.22 bits per heavy atom. The molecule has 1 aromatic heterocycles. The van der Waals surface area contributed by atoms with Crippen molar-refractivity contribution >= 4 is 11.7 Å². The molecular formula is C11H17N5O2. The Morgan fingerprint density at radius 1 is 1.44 bits per heavy atom. The minimum absolute atomic E-state index is 0.0635. The molecule has 1 aliphatic carbocycles. The zero-order valence-corrected chi connectivity index (χ0v) is 10.0. The summed E-state index contributed by atoms with van der Waals surface area (Å²) < 4.78 is 0. The van der Waals surface area contributed by atoms with Crippen LogP contribution >= 0.6 is 0 Å². The van der Waals surface area contributed by atoms with Crippen LogP contribution in [0.2, 0.25) is 0 Å². The molecule has 0 aliphatic heterocycles. The highest BCUT2D eigenvalue weighted by Crippen LogP contribution is 2.27. The molecule has 2 rings (SSSR count). The number of aliphatic hydroxyl groups is 1. The molecule has 0 unspecified atom stereocenters. The fraction of sp³-hybridized carbons (Fsp3) is 0.545. The van der Waals surface area contributed by atoms with Crippen LogP contribution < -0.4 is 10.6 Å². The molecule has 0 aromatic carbocycles. The highest BCUT2D eigenvalue weighted by atomic mass is 16.4. The second kappa shape index (κ2) is 5.63. The number of rotatable bonds is 5. The first-order valence-corrected chi connectivity index (χ1v) is 5.93. The van der Waals surface area contributed by atoms with Crippen LogP contribution in [0.4, 0.5) is 5.82 Å². The highest BCUT2D eigenvalue weighted by molar-refractivity contribution is 5.94. The van der Waals surface area contributed by atoms with E-state index in [0.29, 0.717) is 24.1 Å². The summed E-state index contributed by atoms with van der Waals surface area (Å²) >= 11 is 0. The lowest BCUT2D eigenvalue weighted by Crippen LogP contribution is -2.42. The minimum Gasteiger partial charge on any atom is -0.409 e. The van der Waals surface area contributed by atoms with E-state index in [1.165, 1.54) is 12.6 Å². The monoisotopic (exact) mass is 251 g/mol. The zero-order chi connectivity index (χ0) is 13.0. The van der Waals surface area contributed by atoms with E-state index in [2.05, 4.69) is 15.1 Å². The van der Waals surface area contributed by atoms with E-state index in [1.807, 2.05) is 4.90 Å². The number of nitrogens with zero attached hydrogens (tertiary/aromatic N) is 4. The maximum atomic E-state index is 9.09. The van der Waals surface area contributed by atoms with E-state index >= 15 is 0 Å². The molecule has 0 amide bonds. The summed E-state index contributed by atoms with van der Waals surface area (Å²) in [6.45, 7) is 0.627. The van der Waals surface area contributed by atoms with Gasteiger partial charge in [0.05, 0.1) is 19.0 Å². The maximum absolute atomic E-state index is 9.09. The summed E-state index contributed by atoms with van der Waals surface area (Å²) in [6, 6.07) is 0.432. The summed E-state index contributed by atoms with van der Waals surface area (Å²) in [7, 11) is 0. The molecule has 98 valence electrons. The van der Waals surface area contributed by atoms with Crippen LogP contribution in [0.5, 0.6) is 0 Å². The van der Waals surface area contributed by atoms with Crippen molar-refractivity contribution < 1.29 is 10.3 Å². The number of hydrogen-bond acceptors (Lipinski definition) is 6. The number of nitrogens with two attached hydrogens (primary N) is 1. The Bertz CT molecular complexity index is 416. The molecule has 4 N–H and O–H groups in total. The first-order valence-electron chi connectivity index (χ1n) is 5.93. The van der Waals surface area contributed by atoms with E-state index in [1.54, 1.807) is 6.20 Å². The fourth-order valence-corrected chi connectivity index (χ4v) is 1.94. The summed E-state index contributed by atoms with van der Waals surface area (Å²) in [5, 5.41) is 20.5. The van der Waals surface area contributed by atoms with Crippen LogP contribution in [0.15, 0.2) is 17.5 Å². The third-order valence-corrected chi connectivity index (χ3v) is 3.16. The van der Waals surface area contributed by atoms with Crippen LogP contribution in [0, 0.1) is 0 Å².